The van der Waals surface area contributed by atoms with Crippen molar-refractivity contribution in [2.75, 3.05) is 13.1 Å². The second-order valence-corrected chi connectivity index (χ2v) is 13.1. The van der Waals surface area contributed by atoms with E-state index in [1.165, 1.54) is 12.1 Å². The second-order valence-electron chi connectivity index (χ2n) is 11.1. The highest BCUT2D eigenvalue weighted by Crippen LogP contribution is 2.28. The number of hydrogen-bond donors (Lipinski definition) is 2. The number of carboxylic acid groups (broad SMARTS) is 1. The van der Waals surface area contributed by atoms with Crippen molar-refractivity contribution in [2.24, 2.45) is 0 Å². The van der Waals surface area contributed by atoms with Gasteiger partial charge in [0.15, 0.2) is 0 Å². The van der Waals surface area contributed by atoms with Crippen molar-refractivity contribution in [3.8, 4) is 5.75 Å². The average Bonchev–Trinajstić information content (AvgIpc) is 3.07. The number of ether oxygens (including phenoxy) is 1. The Bertz CT molecular complexity index is 1850. The van der Waals surface area contributed by atoms with Gasteiger partial charge in [-0.25, -0.2) is 13.2 Å². The van der Waals surface area contributed by atoms with Gasteiger partial charge in [0.1, 0.15) is 17.9 Å². The van der Waals surface area contributed by atoms with Gasteiger partial charge in [0.2, 0.25) is 9.84 Å². The minimum atomic E-state index is -3.99. The summed E-state index contributed by atoms with van der Waals surface area (Å²) in [7, 11) is -3.99. The molecule has 0 saturated carbocycles. The lowest BCUT2D eigenvalue weighted by atomic mass is 10.1. The Kier molecular flexibility index (Phi) is 10.6. The van der Waals surface area contributed by atoms with Crippen molar-refractivity contribution in [2.45, 2.75) is 42.4 Å². The molecule has 5 rings (SSSR count). The Morgan fingerprint density at radius 1 is 0.826 bits per heavy atom. The first-order valence-electron chi connectivity index (χ1n) is 14.9. The van der Waals surface area contributed by atoms with Gasteiger partial charge in [-0.15, -0.1) is 0 Å². The summed E-state index contributed by atoms with van der Waals surface area (Å²) in [6.45, 7) is 3.73. The molecule has 4 aromatic carbocycles. The smallest absolute Gasteiger partial charge is 0.339 e. The molecule has 0 aliphatic carbocycles. The van der Waals surface area contributed by atoms with E-state index in [2.05, 4.69) is 9.88 Å². The van der Waals surface area contributed by atoms with Crippen molar-refractivity contribution in [1.29, 1.82) is 0 Å². The zero-order valence-corrected chi connectivity index (χ0v) is 26.3. The van der Waals surface area contributed by atoms with Crippen LogP contribution in [0.2, 0.25) is 0 Å². The molecule has 0 amide bonds. The van der Waals surface area contributed by atoms with Gasteiger partial charge in [-0.3, -0.25) is 9.88 Å². The first kappa shape index (κ1) is 32.6. The predicted molar refractivity (Wildman–Crippen MR) is 175 cm³/mol. The fourth-order valence-corrected chi connectivity index (χ4v) is 6.35. The molecule has 0 unspecified atom stereocenters. The van der Waals surface area contributed by atoms with Gasteiger partial charge < -0.3 is 14.9 Å². The van der Waals surface area contributed by atoms with E-state index in [9.17, 15) is 23.4 Å². The molecule has 46 heavy (non-hydrogen) atoms. The van der Waals surface area contributed by atoms with Gasteiger partial charge in [0.05, 0.1) is 15.9 Å². The minimum absolute atomic E-state index is 0.0639. The zero-order valence-electron chi connectivity index (χ0n) is 25.5. The molecule has 0 bridgehead atoms. The number of pyridine rings is 1. The molecule has 0 saturated heterocycles. The lowest BCUT2D eigenvalue weighted by molar-refractivity contribution is 0.0691. The number of aryl methyl sites for hydroxylation is 1. The van der Waals surface area contributed by atoms with E-state index >= 15 is 0 Å². The van der Waals surface area contributed by atoms with E-state index in [-0.39, 0.29) is 27.7 Å². The number of benzene rings is 4. The minimum Gasteiger partial charge on any atom is -0.488 e. The summed E-state index contributed by atoms with van der Waals surface area (Å²) in [6.07, 6.45) is 1.61. The van der Waals surface area contributed by atoms with Crippen LogP contribution >= 0.6 is 0 Å². The largest absolute Gasteiger partial charge is 0.488 e. The molecule has 1 heterocycles. The van der Waals surface area contributed by atoms with Crippen LogP contribution in [0.1, 0.15) is 44.4 Å². The van der Waals surface area contributed by atoms with Crippen LogP contribution in [0.4, 0.5) is 0 Å². The van der Waals surface area contributed by atoms with E-state index in [0.717, 1.165) is 34.0 Å². The molecule has 9 heteroatoms. The molecule has 0 aliphatic heterocycles. The van der Waals surface area contributed by atoms with E-state index < -0.39 is 21.9 Å². The number of carboxylic acids is 1. The number of aliphatic hydroxyl groups excluding tert-OH is 1. The summed E-state index contributed by atoms with van der Waals surface area (Å²) in [4.78, 5) is 18.4. The molecule has 0 aliphatic rings. The number of aromatic nitrogens is 1. The highest BCUT2D eigenvalue weighted by Gasteiger charge is 2.22. The summed E-state index contributed by atoms with van der Waals surface area (Å²) >= 11 is 0. The SMILES string of the molecule is Cc1ccc([C@H](O)CN(CCc2ccc(S(=O)(=O)c3ccc(OCc4ccccc4)c(C(=O)O)c3)cc2)Cc2ccccc2)cn1. The van der Waals surface area contributed by atoms with Crippen LogP contribution < -0.4 is 4.74 Å². The number of sulfone groups is 1. The molecular formula is C37H36N2O6S. The quantitative estimate of drug-likeness (QED) is 0.146. The fraction of sp³-hybridized carbons (Fsp3) is 0.189. The van der Waals surface area contributed by atoms with Gasteiger partial charge in [0.25, 0.3) is 0 Å². The summed E-state index contributed by atoms with van der Waals surface area (Å²) in [6, 6.07) is 33.6. The number of aromatic carboxylic acids is 1. The Labute approximate surface area is 269 Å². The molecule has 8 nitrogen and oxygen atoms in total. The molecule has 5 aromatic rings. The van der Waals surface area contributed by atoms with Crippen LogP contribution in [-0.4, -0.2) is 47.6 Å². The van der Waals surface area contributed by atoms with Crippen molar-refractivity contribution < 1.29 is 28.2 Å². The molecule has 1 aromatic heterocycles. The molecule has 0 radical (unpaired) electrons. The average molecular weight is 637 g/mol. The first-order chi connectivity index (χ1) is 22.2. The van der Waals surface area contributed by atoms with E-state index in [0.29, 0.717) is 26.1 Å². The molecular weight excluding hydrogens is 600 g/mol. The maximum absolute atomic E-state index is 13.5. The normalized spacial score (nSPS) is 12.2. The van der Waals surface area contributed by atoms with Crippen LogP contribution in [0.5, 0.6) is 5.75 Å². The fourth-order valence-electron chi connectivity index (χ4n) is 5.07. The first-order valence-corrected chi connectivity index (χ1v) is 16.4. The lowest BCUT2D eigenvalue weighted by Crippen LogP contribution is -2.30. The van der Waals surface area contributed by atoms with Crippen LogP contribution in [0.15, 0.2) is 131 Å². The summed E-state index contributed by atoms with van der Waals surface area (Å²) in [5, 5.41) is 20.7. The van der Waals surface area contributed by atoms with E-state index in [1.54, 1.807) is 30.5 Å². The predicted octanol–water partition coefficient (Wildman–Crippen LogP) is 6.28. The summed E-state index contributed by atoms with van der Waals surface area (Å²) in [5.74, 6) is -1.19. The standard InChI is InChI=1S/C37H36N2O6S/c1-27-12-15-31(23-38-27)35(40)25-39(24-29-8-4-2-5-9-29)21-20-28-13-16-32(17-14-28)46(43,44)33-18-19-36(34(22-33)37(41)42)45-26-30-10-6-3-7-11-30/h2-19,22-23,35,40H,20-21,24-26H2,1H3,(H,41,42)/t35-/m1/s1. The van der Waals surface area contributed by atoms with Crippen LogP contribution in [0, 0.1) is 6.92 Å². The van der Waals surface area contributed by atoms with Crippen LogP contribution in [0.25, 0.3) is 0 Å². The molecule has 0 spiro atoms. The Balaban J connectivity index is 1.28. The Hall–Kier alpha value is -4.83. The second kappa shape index (κ2) is 15.0. The monoisotopic (exact) mass is 636 g/mol. The third kappa shape index (κ3) is 8.45. The number of nitrogens with zero attached hydrogens (tertiary/aromatic N) is 2. The number of hydrogen-bond acceptors (Lipinski definition) is 7. The van der Waals surface area contributed by atoms with Gasteiger partial charge in [-0.2, -0.15) is 0 Å². The summed E-state index contributed by atoms with van der Waals surface area (Å²) in [5.41, 5.74) is 4.32. The van der Waals surface area contributed by atoms with Crippen molar-refractivity contribution in [3.63, 3.8) is 0 Å². The molecule has 1 atom stereocenters. The topological polar surface area (TPSA) is 117 Å². The van der Waals surface area contributed by atoms with E-state index in [1.807, 2.05) is 79.7 Å². The maximum Gasteiger partial charge on any atom is 0.339 e. The van der Waals surface area contributed by atoms with Crippen molar-refractivity contribution in [3.05, 3.63) is 155 Å². The number of rotatable bonds is 14. The van der Waals surface area contributed by atoms with Gasteiger partial charge >= 0.3 is 5.97 Å². The molecule has 0 fully saturated rings. The van der Waals surface area contributed by atoms with Gasteiger partial charge in [0, 0.05) is 37.1 Å². The lowest BCUT2D eigenvalue weighted by Gasteiger charge is -2.25. The molecule has 2 N–H and O–H groups in total. The Morgan fingerprint density at radius 3 is 2.11 bits per heavy atom. The van der Waals surface area contributed by atoms with E-state index in [4.69, 9.17) is 4.74 Å². The van der Waals surface area contributed by atoms with Crippen molar-refractivity contribution >= 4 is 15.8 Å². The zero-order chi connectivity index (χ0) is 32.5. The third-order valence-electron chi connectivity index (χ3n) is 7.68. The maximum atomic E-state index is 13.5. The highest BCUT2D eigenvalue weighted by molar-refractivity contribution is 7.91. The van der Waals surface area contributed by atoms with Crippen LogP contribution in [-0.2, 0) is 29.4 Å². The summed E-state index contributed by atoms with van der Waals surface area (Å²) < 4.78 is 32.7. The van der Waals surface area contributed by atoms with Gasteiger partial charge in [-0.1, -0.05) is 78.9 Å². The third-order valence-corrected chi connectivity index (χ3v) is 9.45. The van der Waals surface area contributed by atoms with Crippen molar-refractivity contribution in [1.82, 2.24) is 9.88 Å². The highest BCUT2D eigenvalue weighted by atomic mass is 32.2. The number of aliphatic hydroxyl groups is 1. The number of carbonyl (C=O) groups is 1. The van der Waals surface area contributed by atoms with Gasteiger partial charge in [-0.05, 0) is 66.4 Å². The molecule has 236 valence electrons. The van der Waals surface area contributed by atoms with Crippen LogP contribution in [0.3, 0.4) is 0 Å². The Morgan fingerprint density at radius 2 is 1.48 bits per heavy atom.